The van der Waals surface area contributed by atoms with Gasteiger partial charge in [-0.05, 0) is 6.07 Å². The van der Waals surface area contributed by atoms with E-state index in [4.69, 9.17) is 16.2 Å². The van der Waals surface area contributed by atoms with Gasteiger partial charge in [-0.2, -0.15) is 8.42 Å². The number of hydrogen-bond acceptors (Lipinski definition) is 3. The molecule has 14 heavy (non-hydrogen) atoms. The summed E-state index contributed by atoms with van der Waals surface area (Å²) in [6.45, 7) is 6.20. The third-order valence-corrected chi connectivity index (χ3v) is 8.19. The summed E-state index contributed by atoms with van der Waals surface area (Å²) in [6.07, 6.45) is 0. The Labute approximate surface area is 93.5 Å². The van der Waals surface area contributed by atoms with Gasteiger partial charge in [-0.1, -0.05) is 31.2 Å². The lowest BCUT2D eigenvalue weighted by Gasteiger charge is -2.13. The highest BCUT2D eigenvalue weighted by atomic mass is 35.5. The molecule has 0 saturated heterocycles. The van der Waals surface area contributed by atoms with Crippen molar-refractivity contribution in [1.29, 1.82) is 0 Å². The lowest BCUT2D eigenvalue weighted by atomic mass is 10.7. The molecule has 3 nitrogen and oxygen atoms in total. The smallest absolute Gasteiger partial charge is 0.281 e. The first-order chi connectivity index (χ1) is 6.12. The van der Waals surface area contributed by atoms with E-state index >= 15 is 0 Å². The molecule has 0 spiro atoms. The van der Waals surface area contributed by atoms with Gasteiger partial charge in [0.25, 0.3) is 0 Å². The molecule has 0 fully saturated rings. The van der Waals surface area contributed by atoms with Crippen LogP contribution < -0.4 is 4.50 Å². The third-order valence-electron chi connectivity index (χ3n) is 1.60. The molecule has 1 N–H and O–H groups in total. The van der Waals surface area contributed by atoms with Gasteiger partial charge in [-0.3, -0.25) is 4.55 Å². The molecular weight excluding hydrogens is 260 g/mol. The molecule has 0 unspecified atom stereocenters. The molecule has 0 radical (unpaired) electrons. The third kappa shape index (κ3) is 2.57. The van der Waals surface area contributed by atoms with Gasteiger partial charge in [-0.15, -0.1) is 11.3 Å². The van der Waals surface area contributed by atoms with Gasteiger partial charge >= 0.3 is 10.1 Å². The molecule has 0 aliphatic heterocycles. The molecule has 0 aliphatic carbocycles. The molecule has 1 rings (SSSR count). The highest BCUT2D eigenvalue weighted by Crippen LogP contribution is 2.25. The molecule has 0 atom stereocenters. The molecule has 0 aromatic carbocycles. The van der Waals surface area contributed by atoms with Crippen LogP contribution in [0.25, 0.3) is 0 Å². The Kier molecular flexibility index (Phi) is 3.14. The van der Waals surface area contributed by atoms with E-state index in [0.717, 1.165) is 15.8 Å². The SMILES string of the molecule is C[Si](C)(C)c1sc(S(=O)(=O)O)cc1Cl. The maximum atomic E-state index is 10.8. The van der Waals surface area contributed by atoms with E-state index in [9.17, 15) is 8.42 Å². The standard InChI is InChI=1S/C7H11ClO3S2Si/c1-14(2,3)7-5(8)4-6(12-7)13(9,10)11/h4H,1-3H3,(H,9,10,11). The molecule has 0 aliphatic rings. The van der Waals surface area contributed by atoms with Crippen LogP contribution in [0, 0.1) is 0 Å². The monoisotopic (exact) mass is 270 g/mol. The molecule has 0 bridgehead atoms. The van der Waals surface area contributed by atoms with Crippen LogP contribution >= 0.6 is 22.9 Å². The van der Waals surface area contributed by atoms with Crippen LogP contribution in [-0.4, -0.2) is 21.0 Å². The number of hydrogen-bond donors (Lipinski definition) is 1. The predicted molar refractivity (Wildman–Crippen MR) is 62.1 cm³/mol. The minimum atomic E-state index is -4.11. The zero-order valence-electron chi connectivity index (χ0n) is 8.04. The van der Waals surface area contributed by atoms with Crippen LogP contribution in [0.15, 0.2) is 10.3 Å². The second kappa shape index (κ2) is 3.60. The first-order valence-corrected chi connectivity index (χ1v) is 10.0. The van der Waals surface area contributed by atoms with Crippen LogP contribution in [0.3, 0.4) is 0 Å². The van der Waals surface area contributed by atoms with Crippen LogP contribution in [0.2, 0.25) is 24.7 Å². The summed E-state index contributed by atoms with van der Waals surface area (Å²) in [6, 6.07) is 1.31. The molecule has 1 aromatic heterocycles. The molecule has 0 amide bonds. The fourth-order valence-corrected chi connectivity index (χ4v) is 6.23. The van der Waals surface area contributed by atoms with E-state index in [1.54, 1.807) is 0 Å². The van der Waals surface area contributed by atoms with Gasteiger partial charge in [0, 0.05) is 4.50 Å². The predicted octanol–water partition coefficient (Wildman–Crippen LogP) is 2.19. The Hall–Kier alpha value is 0.117. The lowest BCUT2D eigenvalue weighted by molar-refractivity contribution is 0.485. The molecule has 80 valence electrons. The first kappa shape index (κ1) is 12.2. The molecule has 1 heterocycles. The van der Waals surface area contributed by atoms with Crippen LogP contribution in [0.5, 0.6) is 0 Å². The van der Waals surface area contributed by atoms with E-state index in [1.807, 2.05) is 0 Å². The van der Waals surface area contributed by atoms with E-state index in [2.05, 4.69) is 19.6 Å². The van der Waals surface area contributed by atoms with Crippen LogP contribution in [-0.2, 0) is 10.1 Å². The second-order valence-corrected chi connectivity index (χ2v) is 12.4. The Morgan fingerprint density at radius 1 is 1.43 bits per heavy atom. The van der Waals surface area contributed by atoms with Gasteiger partial charge in [-0.25, -0.2) is 0 Å². The van der Waals surface area contributed by atoms with Gasteiger partial charge in [0.2, 0.25) is 0 Å². The lowest BCUT2D eigenvalue weighted by Crippen LogP contribution is -2.35. The Morgan fingerprint density at radius 3 is 2.14 bits per heavy atom. The summed E-state index contributed by atoms with van der Waals surface area (Å²) in [4.78, 5) is 0. The maximum absolute atomic E-state index is 10.8. The summed E-state index contributed by atoms with van der Waals surface area (Å²) in [5.41, 5.74) is 0. The van der Waals surface area contributed by atoms with Crippen LogP contribution in [0.4, 0.5) is 0 Å². The van der Waals surface area contributed by atoms with E-state index in [1.165, 1.54) is 6.07 Å². The minimum Gasteiger partial charge on any atom is -0.281 e. The van der Waals surface area contributed by atoms with Crippen molar-refractivity contribution >= 4 is 45.6 Å². The molecule has 0 saturated carbocycles. The van der Waals surface area contributed by atoms with Crippen molar-refractivity contribution in [1.82, 2.24) is 0 Å². The summed E-state index contributed by atoms with van der Waals surface area (Å²) in [5, 5.41) is 0.446. The average molecular weight is 271 g/mol. The Balaban J connectivity index is 3.33. The normalized spacial score (nSPS) is 13.2. The van der Waals surface area contributed by atoms with E-state index in [-0.39, 0.29) is 4.21 Å². The quantitative estimate of drug-likeness (QED) is 0.662. The van der Waals surface area contributed by atoms with Crippen LogP contribution in [0.1, 0.15) is 0 Å². The summed E-state index contributed by atoms with van der Waals surface area (Å²) >= 11 is 6.97. The number of rotatable bonds is 2. The average Bonchev–Trinajstić information content (AvgIpc) is 2.27. The van der Waals surface area contributed by atoms with E-state index in [0.29, 0.717) is 5.02 Å². The van der Waals surface area contributed by atoms with Gasteiger partial charge in [0.1, 0.15) is 4.21 Å². The van der Waals surface area contributed by atoms with Crippen molar-refractivity contribution in [2.45, 2.75) is 23.9 Å². The largest absolute Gasteiger partial charge is 0.304 e. The minimum absolute atomic E-state index is 0.0695. The van der Waals surface area contributed by atoms with E-state index < -0.39 is 18.2 Å². The van der Waals surface area contributed by atoms with Crippen molar-refractivity contribution < 1.29 is 13.0 Å². The molecular formula is C7H11ClO3S2Si. The zero-order valence-corrected chi connectivity index (χ0v) is 11.4. The molecule has 1 aromatic rings. The van der Waals surface area contributed by atoms with Crippen molar-refractivity contribution in [2.75, 3.05) is 0 Å². The van der Waals surface area contributed by atoms with Gasteiger partial charge in [0.05, 0.1) is 13.1 Å². The Morgan fingerprint density at radius 2 is 1.93 bits per heavy atom. The molecule has 7 heteroatoms. The second-order valence-electron chi connectivity index (χ2n) is 3.97. The Bertz CT molecular complexity index is 444. The van der Waals surface area contributed by atoms with Crippen molar-refractivity contribution in [3.63, 3.8) is 0 Å². The topological polar surface area (TPSA) is 54.4 Å². The summed E-state index contributed by atoms with van der Waals surface area (Å²) < 4.78 is 31.4. The summed E-state index contributed by atoms with van der Waals surface area (Å²) in [5.74, 6) is 0. The highest BCUT2D eigenvalue weighted by Gasteiger charge is 2.25. The zero-order chi connectivity index (χ0) is 11.1. The maximum Gasteiger partial charge on any atom is 0.304 e. The van der Waals surface area contributed by atoms with Gasteiger partial charge in [0.15, 0.2) is 0 Å². The summed E-state index contributed by atoms with van der Waals surface area (Å²) in [7, 11) is -5.73. The number of halogens is 1. The fraction of sp³-hybridized carbons (Fsp3) is 0.429. The van der Waals surface area contributed by atoms with Crippen molar-refractivity contribution in [3.05, 3.63) is 11.1 Å². The van der Waals surface area contributed by atoms with Gasteiger partial charge < -0.3 is 0 Å². The fourth-order valence-electron chi connectivity index (χ4n) is 0.986. The highest BCUT2D eigenvalue weighted by molar-refractivity contribution is 7.88. The first-order valence-electron chi connectivity index (χ1n) is 3.89. The number of thiophene rings is 1. The van der Waals surface area contributed by atoms with Crippen molar-refractivity contribution in [3.8, 4) is 0 Å². The van der Waals surface area contributed by atoms with Crippen molar-refractivity contribution in [2.24, 2.45) is 0 Å².